The number of para-hydroxylation sites is 1. The predicted molar refractivity (Wildman–Crippen MR) is 112 cm³/mol. The summed E-state index contributed by atoms with van der Waals surface area (Å²) >= 11 is 0. The van der Waals surface area contributed by atoms with Crippen molar-refractivity contribution in [3.05, 3.63) is 29.8 Å². The molecule has 6 N–H and O–H groups in total. The van der Waals surface area contributed by atoms with E-state index in [1.165, 1.54) is 19.1 Å². The number of aromatic carboxylic acids is 1. The number of esters is 1. The van der Waals surface area contributed by atoms with Gasteiger partial charge >= 0.3 is 29.8 Å². The number of benzene rings is 1. The number of rotatable bonds is 9. The fourth-order valence-corrected chi connectivity index (χ4v) is 1.90. The Bertz CT molecular complexity index is 813. The van der Waals surface area contributed by atoms with Crippen LogP contribution < -0.4 is 4.74 Å². The van der Waals surface area contributed by atoms with Gasteiger partial charge in [0.1, 0.15) is 17.9 Å². The van der Waals surface area contributed by atoms with Gasteiger partial charge in [-0.2, -0.15) is 0 Å². The van der Waals surface area contributed by atoms with Crippen LogP contribution in [0.25, 0.3) is 0 Å². The highest BCUT2D eigenvalue weighted by atomic mass is 16.5. The fourth-order valence-electron chi connectivity index (χ4n) is 1.90. The van der Waals surface area contributed by atoms with Crippen LogP contribution in [-0.2, 0) is 19.2 Å². The van der Waals surface area contributed by atoms with Gasteiger partial charge in [0.15, 0.2) is 5.60 Å². The Balaban J connectivity index is 0. The summed E-state index contributed by atoms with van der Waals surface area (Å²) in [5.74, 6) is -6.59. The highest BCUT2D eigenvalue weighted by Gasteiger charge is 2.40. The molecule has 1 rings (SSSR count). The van der Waals surface area contributed by atoms with Gasteiger partial charge < -0.3 is 39.9 Å². The number of aliphatic carboxylic acids is 3. The minimum absolute atomic E-state index is 0.0160. The molecule has 0 radical (unpaired) electrons. The molecule has 13 heteroatoms. The molecule has 1 aromatic rings. The van der Waals surface area contributed by atoms with E-state index in [1.54, 1.807) is 12.1 Å². The monoisotopic (exact) mass is 476 g/mol. The van der Waals surface area contributed by atoms with Gasteiger partial charge in [-0.15, -0.1) is 0 Å². The number of carbonyl (C=O) groups excluding carboxylic acids is 1. The fraction of sp³-hybridized carbons (Fsp3) is 0.450. The molecular weight excluding hydrogens is 446 g/mol. The van der Waals surface area contributed by atoms with Crippen molar-refractivity contribution in [2.24, 2.45) is 0 Å². The van der Waals surface area contributed by atoms with Crippen molar-refractivity contribution >= 4 is 29.8 Å². The summed E-state index contributed by atoms with van der Waals surface area (Å²) in [7, 11) is 6.16. The zero-order valence-electron chi connectivity index (χ0n) is 18.7. The third-order valence-electron chi connectivity index (χ3n) is 3.43. The molecule has 0 atom stereocenters. The maximum atomic E-state index is 10.6. The van der Waals surface area contributed by atoms with Crippen LogP contribution in [0.15, 0.2) is 24.3 Å². The zero-order chi connectivity index (χ0) is 26.4. The summed E-state index contributed by atoms with van der Waals surface area (Å²) in [5.41, 5.74) is -2.75. The molecule has 0 saturated heterocycles. The Morgan fingerprint density at radius 1 is 0.909 bits per heavy atom. The number of ether oxygens (including phenoxy) is 1. The van der Waals surface area contributed by atoms with Gasteiger partial charge in [0.2, 0.25) is 0 Å². The van der Waals surface area contributed by atoms with E-state index in [0.717, 1.165) is 11.0 Å². The number of nitrogens with zero attached hydrogens (tertiary/aromatic N) is 1. The van der Waals surface area contributed by atoms with E-state index in [4.69, 9.17) is 30.6 Å². The summed E-state index contributed by atoms with van der Waals surface area (Å²) < 4.78 is 5.53. The summed E-state index contributed by atoms with van der Waals surface area (Å²) in [5, 5.41) is 50.9. The Hall–Kier alpha value is -3.55. The number of hydrogen-bond donors (Lipinski definition) is 6. The molecule has 0 aliphatic rings. The minimum Gasteiger partial charge on any atom is -0.481 e. The van der Waals surface area contributed by atoms with Gasteiger partial charge in [-0.05, 0) is 12.1 Å². The number of hydrogen-bond acceptors (Lipinski definition) is 8. The molecule has 186 valence electrons. The average Bonchev–Trinajstić information content (AvgIpc) is 2.60. The lowest BCUT2D eigenvalue weighted by Gasteiger charge is -2.21. The lowest BCUT2D eigenvalue weighted by atomic mass is 9.96. The Labute approximate surface area is 189 Å². The summed E-state index contributed by atoms with van der Waals surface area (Å²) in [6.45, 7) is 2.34. The number of carboxylic acids is 4. The normalized spacial score (nSPS) is 10.5. The van der Waals surface area contributed by atoms with Crippen molar-refractivity contribution in [1.82, 2.24) is 0 Å². The van der Waals surface area contributed by atoms with Crippen molar-refractivity contribution in [3.8, 4) is 5.75 Å². The standard InChI is InChI=1S/C9H8O4.C6H8O7.C5H14NO/c1-6(10)13-8-5-3-2-4-7(8)9(11)12;7-3(8)1-6(13,5(11)12)2-4(9)10;1-6(2,3)4-5-7/h2-5H,1H3,(H,11,12);13H,1-2H2,(H,7,8)(H,9,10)(H,11,12);7H,4-5H2,1-3H3/q;;+1. The molecule has 1 aromatic carbocycles. The molecule has 0 unspecified atom stereocenters. The van der Waals surface area contributed by atoms with Crippen molar-refractivity contribution in [3.63, 3.8) is 0 Å². The number of aliphatic hydroxyl groups excluding tert-OH is 1. The molecule has 13 nitrogen and oxygen atoms in total. The third-order valence-corrected chi connectivity index (χ3v) is 3.43. The third kappa shape index (κ3) is 15.8. The molecule has 0 bridgehead atoms. The van der Waals surface area contributed by atoms with Crippen LogP contribution in [-0.4, -0.2) is 105 Å². The van der Waals surface area contributed by atoms with E-state index in [2.05, 4.69) is 25.9 Å². The van der Waals surface area contributed by atoms with Crippen LogP contribution >= 0.6 is 0 Å². The second-order valence-electron chi connectivity index (χ2n) is 7.61. The Morgan fingerprint density at radius 2 is 1.36 bits per heavy atom. The summed E-state index contributed by atoms with van der Waals surface area (Å²) in [6, 6.07) is 5.98. The molecule has 0 fully saturated rings. The molecule has 0 saturated carbocycles. The smallest absolute Gasteiger partial charge is 0.339 e. The minimum atomic E-state index is -2.74. The first-order valence-electron chi connectivity index (χ1n) is 9.26. The molecule has 33 heavy (non-hydrogen) atoms. The second-order valence-corrected chi connectivity index (χ2v) is 7.61. The number of aliphatic hydroxyl groups is 2. The van der Waals surface area contributed by atoms with Gasteiger partial charge in [-0.25, -0.2) is 9.59 Å². The number of quaternary nitrogens is 1. The first-order valence-corrected chi connectivity index (χ1v) is 9.26. The van der Waals surface area contributed by atoms with E-state index in [0.29, 0.717) is 0 Å². The molecular formula is C20H30NO12+. The van der Waals surface area contributed by atoms with Crippen LogP contribution in [0.3, 0.4) is 0 Å². The second kappa shape index (κ2) is 14.5. The molecule has 0 aliphatic heterocycles. The van der Waals surface area contributed by atoms with Crippen LogP contribution in [0.5, 0.6) is 5.75 Å². The quantitative estimate of drug-likeness (QED) is 0.154. The maximum Gasteiger partial charge on any atom is 0.339 e. The molecule has 0 amide bonds. The van der Waals surface area contributed by atoms with Crippen LogP contribution in [0.4, 0.5) is 0 Å². The van der Waals surface area contributed by atoms with Crippen LogP contribution in [0.1, 0.15) is 30.1 Å². The first-order chi connectivity index (χ1) is 14.9. The average molecular weight is 476 g/mol. The van der Waals surface area contributed by atoms with Gasteiger partial charge in [0.05, 0.1) is 40.6 Å². The topological polar surface area (TPSA) is 216 Å². The predicted octanol–water partition coefficient (Wildman–Crippen LogP) is -0.253. The van der Waals surface area contributed by atoms with E-state index < -0.39 is 48.3 Å². The van der Waals surface area contributed by atoms with Crippen molar-refractivity contribution < 1.29 is 63.8 Å². The number of carbonyl (C=O) groups is 5. The zero-order valence-corrected chi connectivity index (χ0v) is 18.7. The van der Waals surface area contributed by atoms with E-state index in [1.807, 2.05) is 0 Å². The molecule has 0 spiro atoms. The van der Waals surface area contributed by atoms with Gasteiger partial charge in [-0.1, -0.05) is 12.1 Å². The highest BCUT2D eigenvalue weighted by molar-refractivity contribution is 5.91. The van der Waals surface area contributed by atoms with Crippen molar-refractivity contribution in [1.29, 1.82) is 0 Å². The van der Waals surface area contributed by atoms with E-state index >= 15 is 0 Å². The van der Waals surface area contributed by atoms with Crippen molar-refractivity contribution in [2.45, 2.75) is 25.4 Å². The largest absolute Gasteiger partial charge is 0.481 e. The van der Waals surface area contributed by atoms with Gasteiger partial charge in [-0.3, -0.25) is 14.4 Å². The van der Waals surface area contributed by atoms with Crippen molar-refractivity contribution in [2.75, 3.05) is 34.3 Å². The Morgan fingerprint density at radius 3 is 1.64 bits per heavy atom. The molecule has 0 aliphatic carbocycles. The Kier molecular flexibility index (Phi) is 13.9. The molecule has 0 aromatic heterocycles. The van der Waals surface area contributed by atoms with Crippen LogP contribution in [0, 0.1) is 0 Å². The summed E-state index contributed by atoms with van der Waals surface area (Å²) in [6.07, 6.45) is -2.29. The maximum absolute atomic E-state index is 10.6. The van der Waals surface area contributed by atoms with Crippen LogP contribution in [0.2, 0.25) is 0 Å². The number of likely N-dealkylation sites (N-methyl/N-ethyl adjacent to an activating group) is 1. The summed E-state index contributed by atoms with van der Waals surface area (Å²) in [4.78, 5) is 51.7. The highest BCUT2D eigenvalue weighted by Crippen LogP contribution is 2.17. The van der Waals surface area contributed by atoms with Gasteiger partial charge in [0.25, 0.3) is 0 Å². The first kappa shape index (κ1) is 31.6. The number of carboxylic acid groups (broad SMARTS) is 4. The lowest BCUT2D eigenvalue weighted by Crippen LogP contribution is -2.42. The van der Waals surface area contributed by atoms with E-state index in [9.17, 15) is 24.0 Å². The molecule has 0 heterocycles. The van der Waals surface area contributed by atoms with Gasteiger partial charge in [0, 0.05) is 6.92 Å². The lowest BCUT2D eigenvalue weighted by molar-refractivity contribution is -0.870. The SMILES string of the molecule is CC(=O)Oc1ccccc1C(=O)O.C[N+](C)(C)CCO.O=C(O)CC(O)(CC(=O)O)C(=O)O. The van der Waals surface area contributed by atoms with E-state index in [-0.39, 0.29) is 17.9 Å².